The second-order valence-corrected chi connectivity index (χ2v) is 3.25. The summed E-state index contributed by atoms with van der Waals surface area (Å²) >= 11 is 0. The molecule has 0 unspecified atom stereocenters. The summed E-state index contributed by atoms with van der Waals surface area (Å²) < 4.78 is 0. The maximum atomic E-state index is 11.4. The third-order valence-corrected chi connectivity index (χ3v) is 1.94. The van der Waals surface area contributed by atoms with Crippen molar-refractivity contribution in [3.05, 3.63) is 29.8 Å². The molecule has 0 heterocycles. The van der Waals surface area contributed by atoms with Gasteiger partial charge in [-0.3, -0.25) is 14.4 Å². The predicted octanol–water partition coefficient (Wildman–Crippen LogP) is 0.0727. The highest BCUT2D eigenvalue weighted by Crippen LogP contribution is 2.09. The Bertz CT molecular complexity index is 514. The molecular formula is C12H10N2O4. The number of amides is 2. The smallest absolute Gasteiger partial charge is 0.322 e. The maximum absolute atomic E-state index is 11.4. The van der Waals surface area contributed by atoms with E-state index in [4.69, 9.17) is 11.5 Å². The van der Waals surface area contributed by atoms with Crippen molar-refractivity contribution >= 4 is 23.5 Å². The van der Waals surface area contributed by atoms with Crippen LogP contribution in [0.2, 0.25) is 0 Å². The summed E-state index contributed by atoms with van der Waals surface area (Å²) in [6, 6.07) is 5.88. The second-order valence-electron chi connectivity index (χ2n) is 3.25. The maximum Gasteiger partial charge on any atom is 0.322 e. The molecule has 0 saturated carbocycles. The number of hydrogen-bond donors (Lipinski definition) is 3. The van der Waals surface area contributed by atoms with Crippen LogP contribution in [-0.2, 0) is 9.59 Å². The lowest BCUT2D eigenvalue weighted by atomic mass is 10.2. The largest absolute Gasteiger partial charge is 0.480 e. The molecule has 6 heteroatoms. The number of rotatable bonds is 4. The normalized spacial score (nSPS) is 9.06. The minimum absolute atomic E-state index is 0.287. The van der Waals surface area contributed by atoms with Crippen LogP contribution < -0.4 is 10.6 Å². The number of terminal acetylenes is 1. The zero-order valence-corrected chi connectivity index (χ0v) is 9.27. The van der Waals surface area contributed by atoms with Crippen molar-refractivity contribution in [1.82, 2.24) is 5.32 Å². The van der Waals surface area contributed by atoms with Gasteiger partial charge in [-0.1, -0.05) is 0 Å². The van der Waals surface area contributed by atoms with E-state index in [1.54, 1.807) is 0 Å². The van der Waals surface area contributed by atoms with E-state index >= 15 is 0 Å². The van der Waals surface area contributed by atoms with E-state index in [9.17, 15) is 14.4 Å². The van der Waals surface area contributed by atoms with Gasteiger partial charge in [-0.2, -0.15) is 0 Å². The molecule has 0 bridgehead atoms. The van der Waals surface area contributed by atoms with Crippen molar-refractivity contribution in [3.63, 3.8) is 0 Å². The summed E-state index contributed by atoms with van der Waals surface area (Å²) in [6.45, 7) is -0.450. The molecule has 0 aliphatic heterocycles. The lowest BCUT2D eigenvalue weighted by molar-refractivity contribution is -0.135. The molecular weight excluding hydrogens is 236 g/mol. The summed E-state index contributed by atoms with van der Waals surface area (Å²) in [5.74, 6) is -0.327. The van der Waals surface area contributed by atoms with Crippen LogP contribution in [0.25, 0.3) is 0 Å². The Hall–Kier alpha value is -2.81. The van der Waals surface area contributed by atoms with E-state index < -0.39 is 24.3 Å². The Morgan fingerprint density at radius 2 is 1.83 bits per heavy atom. The van der Waals surface area contributed by atoms with E-state index in [-0.39, 0.29) is 5.56 Å². The predicted molar refractivity (Wildman–Crippen MR) is 63.9 cm³/mol. The van der Waals surface area contributed by atoms with Crippen molar-refractivity contribution < 1.29 is 19.5 Å². The molecule has 1 aromatic carbocycles. The van der Waals surface area contributed by atoms with Gasteiger partial charge < -0.3 is 15.7 Å². The van der Waals surface area contributed by atoms with Crippen LogP contribution in [0.15, 0.2) is 24.3 Å². The number of carbonyl (C=O) groups is 3. The number of anilines is 1. The Morgan fingerprint density at radius 1 is 1.22 bits per heavy atom. The van der Waals surface area contributed by atoms with Gasteiger partial charge in [0.25, 0.3) is 11.8 Å². The Labute approximate surface area is 103 Å². The minimum atomic E-state index is -1.12. The molecule has 0 fully saturated rings. The van der Waals surface area contributed by atoms with Gasteiger partial charge in [0.05, 0.1) is 0 Å². The first-order chi connectivity index (χ1) is 8.52. The van der Waals surface area contributed by atoms with E-state index in [1.165, 1.54) is 24.3 Å². The average molecular weight is 246 g/mol. The first kappa shape index (κ1) is 13.3. The van der Waals surface area contributed by atoms with E-state index in [0.717, 1.165) is 0 Å². The number of benzene rings is 1. The molecule has 18 heavy (non-hydrogen) atoms. The first-order valence-electron chi connectivity index (χ1n) is 4.90. The summed E-state index contributed by atoms with van der Waals surface area (Å²) in [7, 11) is 0. The number of nitrogens with one attached hydrogen (secondary N) is 2. The van der Waals surface area contributed by atoms with Crippen LogP contribution in [0, 0.1) is 12.3 Å². The lowest BCUT2D eigenvalue weighted by Gasteiger charge is -2.04. The molecule has 1 aromatic rings. The number of carboxylic acid groups (broad SMARTS) is 1. The molecule has 0 spiro atoms. The van der Waals surface area contributed by atoms with E-state index in [1.807, 2.05) is 5.92 Å². The number of carboxylic acids is 1. The van der Waals surface area contributed by atoms with Gasteiger partial charge in [0.1, 0.15) is 6.54 Å². The number of aliphatic carboxylic acids is 1. The summed E-state index contributed by atoms with van der Waals surface area (Å²) in [6.07, 6.45) is 4.88. The van der Waals surface area contributed by atoms with E-state index in [2.05, 4.69) is 10.6 Å². The zero-order chi connectivity index (χ0) is 13.5. The topological polar surface area (TPSA) is 95.5 Å². The van der Waals surface area contributed by atoms with E-state index in [0.29, 0.717) is 5.69 Å². The Kier molecular flexibility index (Phi) is 4.46. The van der Waals surface area contributed by atoms with Gasteiger partial charge in [-0.05, 0) is 30.2 Å². The zero-order valence-electron chi connectivity index (χ0n) is 9.27. The highest BCUT2D eigenvalue weighted by Gasteiger charge is 2.07. The molecule has 2 amide bonds. The van der Waals surface area contributed by atoms with Crippen molar-refractivity contribution in [2.75, 3.05) is 11.9 Å². The van der Waals surface area contributed by atoms with Gasteiger partial charge in [0.2, 0.25) is 0 Å². The molecule has 3 N–H and O–H groups in total. The van der Waals surface area contributed by atoms with Crippen LogP contribution in [0.1, 0.15) is 10.4 Å². The average Bonchev–Trinajstić information content (AvgIpc) is 2.36. The molecule has 0 saturated heterocycles. The van der Waals surface area contributed by atoms with Crippen LogP contribution >= 0.6 is 0 Å². The highest BCUT2D eigenvalue weighted by molar-refractivity contribution is 6.03. The molecule has 92 valence electrons. The fourth-order valence-corrected chi connectivity index (χ4v) is 1.13. The van der Waals surface area contributed by atoms with Gasteiger partial charge in [0, 0.05) is 11.3 Å². The Morgan fingerprint density at radius 3 is 2.33 bits per heavy atom. The molecule has 0 aliphatic carbocycles. The van der Waals surface area contributed by atoms with Crippen molar-refractivity contribution in [2.24, 2.45) is 0 Å². The van der Waals surface area contributed by atoms with Crippen LogP contribution in [0.3, 0.4) is 0 Å². The quantitative estimate of drug-likeness (QED) is 0.655. The summed E-state index contributed by atoms with van der Waals surface area (Å²) in [4.78, 5) is 32.6. The number of hydrogen-bond acceptors (Lipinski definition) is 3. The van der Waals surface area contributed by atoms with Crippen LogP contribution in [0.4, 0.5) is 5.69 Å². The number of carbonyl (C=O) groups excluding carboxylic acids is 2. The fourth-order valence-electron chi connectivity index (χ4n) is 1.13. The van der Waals surface area contributed by atoms with Crippen molar-refractivity contribution in [3.8, 4) is 12.3 Å². The van der Waals surface area contributed by atoms with Crippen molar-refractivity contribution in [2.45, 2.75) is 0 Å². The molecule has 0 aromatic heterocycles. The van der Waals surface area contributed by atoms with Gasteiger partial charge >= 0.3 is 5.97 Å². The monoisotopic (exact) mass is 246 g/mol. The highest BCUT2D eigenvalue weighted by atomic mass is 16.4. The fraction of sp³-hybridized carbons (Fsp3) is 0.0833. The molecule has 1 rings (SSSR count). The Balaban J connectivity index is 2.65. The van der Waals surface area contributed by atoms with Gasteiger partial charge in [-0.15, -0.1) is 6.42 Å². The third-order valence-electron chi connectivity index (χ3n) is 1.94. The molecule has 6 nitrogen and oxygen atoms in total. The summed E-state index contributed by atoms with van der Waals surface area (Å²) in [5, 5.41) is 13.0. The minimum Gasteiger partial charge on any atom is -0.480 e. The van der Waals surface area contributed by atoms with Crippen LogP contribution in [-0.4, -0.2) is 29.4 Å². The standard InChI is InChI=1S/C12H10N2O4/c1-2-10(15)14-9-5-3-8(4-6-9)12(18)13-7-11(16)17/h1,3-6H,7H2,(H,13,18)(H,14,15)(H,16,17). The summed E-state index contributed by atoms with van der Waals surface area (Å²) in [5.41, 5.74) is 0.739. The lowest BCUT2D eigenvalue weighted by Crippen LogP contribution is -2.29. The molecule has 0 radical (unpaired) electrons. The van der Waals surface area contributed by atoms with Gasteiger partial charge in [-0.25, -0.2) is 0 Å². The third kappa shape index (κ3) is 3.98. The molecule has 0 atom stereocenters. The first-order valence-corrected chi connectivity index (χ1v) is 4.90. The van der Waals surface area contributed by atoms with Crippen molar-refractivity contribution in [1.29, 1.82) is 0 Å². The SMILES string of the molecule is C#CC(=O)Nc1ccc(C(=O)NCC(=O)O)cc1. The molecule has 0 aliphatic rings. The van der Waals surface area contributed by atoms with Crippen LogP contribution in [0.5, 0.6) is 0 Å². The van der Waals surface area contributed by atoms with Gasteiger partial charge in [0.15, 0.2) is 0 Å². The second kappa shape index (κ2) is 6.06.